The number of nitrogens with one attached hydrogen (secondary N) is 1. The molecule has 8 heteroatoms. The molecule has 27 heavy (non-hydrogen) atoms. The van der Waals surface area contributed by atoms with Crippen LogP contribution < -0.4 is 10.2 Å². The number of carbonyl (C=O) groups excluding carboxylic acids is 1. The molecule has 2 aliphatic heterocycles. The van der Waals surface area contributed by atoms with Gasteiger partial charge >= 0.3 is 0 Å². The second-order valence-corrected chi connectivity index (χ2v) is 8.27. The fourth-order valence-corrected chi connectivity index (χ4v) is 4.75. The molecular formula is C19H28N6OS. The van der Waals surface area contributed by atoms with Gasteiger partial charge in [-0.2, -0.15) is 0 Å². The van der Waals surface area contributed by atoms with Crippen LogP contribution in [0.15, 0.2) is 18.3 Å². The van der Waals surface area contributed by atoms with Crippen LogP contribution >= 0.6 is 11.3 Å². The molecule has 2 aromatic rings. The van der Waals surface area contributed by atoms with Crippen LogP contribution in [-0.4, -0.2) is 64.8 Å². The Labute approximate surface area is 164 Å². The van der Waals surface area contributed by atoms with Crippen LogP contribution in [0.25, 0.3) is 5.13 Å². The van der Waals surface area contributed by atoms with E-state index in [0.29, 0.717) is 12.2 Å². The van der Waals surface area contributed by atoms with Crippen molar-refractivity contribution < 1.29 is 4.79 Å². The lowest BCUT2D eigenvalue weighted by atomic mass is 10.1. The molecule has 0 aromatic carbocycles. The summed E-state index contributed by atoms with van der Waals surface area (Å²) in [6.45, 7) is 6.27. The molecule has 2 aromatic heterocycles. The van der Waals surface area contributed by atoms with E-state index in [4.69, 9.17) is 0 Å². The summed E-state index contributed by atoms with van der Waals surface area (Å²) in [6, 6.07) is 3.73. The summed E-state index contributed by atoms with van der Waals surface area (Å²) in [5.74, 6) is -0.0448. The quantitative estimate of drug-likeness (QED) is 0.739. The van der Waals surface area contributed by atoms with Crippen molar-refractivity contribution in [2.45, 2.75) is 38.5 Å². The topological polar surface area (TPSA) is 66.3 Å². The second kappa shape index (κ2) is 8.84. The minimum Gasteiger partial charge on any atom is -0.351 e. The van der Waals surface area contributed by atoms with E-state index in [1.54, 1.807) is 11.3 Å². The van der Waals surface area contributed by atoms with Gasteiger partial charge in [-0.3, -0.25) is 9.36 Å². The zero-order valence-electron chi connectivity index (χ0n) is 15.8. The average molecular weight is 389 g/mol. The first kappa shape index (κ1) is 18.4. The number of hydrogen-bond donors (Lipinski definition) is 1. The van der Waals surface area contributed by atoms with E-state index >= 15 is 0 Å². The maximum absolute atomic E-state index is 12.6. The van der Waals surface area contributed by atoms with Gasteiger partial charge in [0.05, 0.1) is 0 Å². The van der Waals surface area contributed by atoms with Crippen molar-refractivity contribution in [2.24, 2.45) is 0 Å². The van der Waals surface area contributed by atoms with Crippen LogP contribution in [0.1, 0.15) is 49.0 Å². The smallest absolute Gasteiger partial charge is 0.268 e. The molecule has 0 saturated carbocycles. The van der Waals surface area contributed by atoms with Crippen molar-refractivity contribution in [1.29, 1.82) is 0 Å². The van der Waals surface area contributed by atoms with Crippen LogP contribution in [0, 0.1) is 0 Å². The van der Waals surface area contributed by atoms with E-state index in [2.05, 4.69) is 25.3 Å². The Hall–Kier alpha value is -1.93. The van der Waals surface area contributed by atoms with Gasteiger partial charge in [-0.25, -0.2) is 0 Å². The van der Waals surface area contributed by atoms with E-state index in [9.17, 15) is 4.79 Å². The Kier molecular flexibility index (Phi) is 6.03. The summed E-state index contributed by atoms with van der Waals surface area (Å²) in [5, 5.41) is 13.4. The van der Waals surface area contributed by atoms with Gasteiger partial charge in [0.25, 0.3) is 5.91 Å². The molecule has 146 valence electrons. The summed E-state index contributed by atoms with van der Waals surface area (Å²) >= 11 is 1.55. The minimum atomic E-state index is -0.0448. The van der Waals surface area contributed by atoms with Crippen molar-refractivity contribution in [2.75, 3.05) is 44.2 Å². The van der Waals surface area contributed by atoms with Crippen LogP contribution in [0.4, 0.5) is 5.13 Å². The Morgan fingerprint density at radius 1 is 1.04 bits per heavy atom. The number of aromatic nitrogens is 3. The number of nitrogens with zero attached hydrogens (tertiary/aromatic N) is 5. The van der Waals surface area contributed by atoms with Crippen molar-refractivity contribution >= 4 is 22.4 Å². The van der Waals surface area contributed by atoms with Crippen LogP contribution in [0.2, 0.25) is 0 Å². The highest BCUT2D eigenvalue weighted by Crippen LogP contribution is 2.27. The van der Waals surface area contributed by atoms with Crippen LogP contribution in [0.3, 0.4) is 0 Å². The highest BCUT2D eigenvalue weighted by atomic mass is 32.1. The fraction of sp³-hybridized carbons (Fsp3) is 0.632. The highest BCUT2D eigenvalue weighted by Gasteiger charge is 2.19. The largest absolute Gasteiger partial charge is 0.351 e. The molecule has 1 N–H and O–H groups in total. The van der Waals surface area contributed by atoms with E-state index in [0.717, 1.165) is 36.3 Å². The number of anilines is 1. The van der Waals surface area contributed by atoms with Gasteiger partial charge < -0.3 is 15.1 Å². The van der Waals surface area contributed by atoms with E-state index in [-0.39, 0.29) is 5.91 Å². The highest BCUT2D eigenvalue weighted by molar-refractivity contribution is 7.17. The lowest BCUT2D eigenvalue weighted by Gasteiger charge is -2.26. The van der Waals surface area contributed by atoms with Crippen molar-refractivity contribution in [3.63, 3.8) is 0 Å². The Bertz CT molecular complexity index is 745. The summed E-state index contributed by atoms with van der Waals surface area (Å²) in [5.41, 5.74) is 0.622. The average Bonchev–Trinajstić information content (AvgIpc) is 3.46. The molecule has 0 atom stereocenters. The van der Waals surface area contributed by atoms with Gasteiger partial charge in [0, 0.05) is 25.8 Å². The van der Waals surface area contributed by atoms with Crippen molar-refractivity contribution in [3.8, 4) is 5.13 Å². The number of carbonyl (C=O) groups is 1. The standard InChI is InChI=1S/C19H28N6OS/c26-17(20-9-7-12-23-10-2-1-3-11-23)16-8-6-15-25(16)19-22-21-18(27-19)24-13-4-5-14-24/h6,8,15H,1-5,7,9-14H2,(H,20,26). The molecule has 7 nitrogen and oxygen atoms in total. The van der Waals surface area contributed by atoms with E-state index in [1.165, 1.54) is 45.2 Å². The number of piperidine rings is 1. The number of rotatable bonds is 7. The third kappa shape index (κ3) is 4.50. The Morgan fingerprint density at radius 3 is 2.59 bits per heavy atom. The zero-order chi connectivity index (χ0) is 18.5. The van der Waals surface area contributed by atoms with Gasteiger partial charge in [0.2, 0.25) is 10.3 Å². The zero-order valence-corrected chi connectivity index (χ0v) is 16.6. The first-order valence-corrected chi connectivity index (χ1v) is 10.9. The predicted molar refractivity (Wildman–Crippen MR) is 108 cm³/mol. The Balaban J connectivity index is 1.31. The summed E-state index contributed by atoms with van der Waals surface area (Å²) in [7, 11) is 0. The molecule has 0 spiro atoms. The number of likely N-dealkylation sites (tertiary alicyclic amines) is 1. The first-order chi connectivity index (χ1) is 13.3. The van der Waals surface area contributed by atoms with Crippen LogP contribution in [0.5, 0.6) is 0 Å². The van der Waals surface area contributed by atoms with Gasteiger partial charge in [0.1, 0.15) is 5.69 Å². The van der Waals surface area contributed by atoms with E-state index in [1.807, 2.05) is 22.9 Å². The molecule has 1 amide bonds. The molecule has 4 rings (SSSR count). The predicted octanol–water partition coefficient (Wildman–Crippen LogP) is 2.53. The van der Waals surface area contributed by atoms with E-state index < -0.39 is 0 Å². The number of amides is 1. The third-order valence-corrected chi connectivity index (χ3v) is 6.34. The molecule has 0 radical (unpaired) electrons. The molecule has 2 fully saturated rings. The molecular weight excluding hydrogens is 360 g/mol. The van der Waals surface area contributed by atoms with Gasteiger partial charge in [0.15, 0.2) is 0 Å². The minimum absolute atomic E-state index is 0.0448. The monoisotopic (exact) mass is 388 g/mol. The Morgan fingerprint density at radius 2 is 1.78 bits per heavy atom. The summed E-state index contributed by atoms with van der Waals surface area (Å²) in [6.07, 6.45) is 9.27. The SMILES string of the molecule is O=C(NCCCN1CCCCC1)c1cccn1-c1nnc(N2CCCC2)s1. The molecule has 4 heterocycles. The molecule has 0 unspecified atom stereocenters. The fourth-order valence-electron chi connectivity index (χ4n) is 3.85. The summed E-state index contributed by atoms with van der Waals surface area (Å²) < 4.78 is 1.84. The van der Waals surface area contributed by atoms with Crippen molar-refractivity contribution in [3.05, 3.63) is 24.0 Å². The molecule has 0 bridgehead atoms. The lowest BCUT2D eigenvalue weighted by molar-refractivity contribution is 0.0944. The van der Waals surface area contributed by atoms with Crippen LogP contribution in [-0.2, 0) is 0 Å². The second-order valence-electron chi connectivity index (χ2n) is 7.34. The van der Waals surface area contributed by atoms with Gasteiger partial charge in [-0.1, -0.05) is 17.8 Å². The van der Waals surface area contributed by atoms with Gasteiger partial charge in [-0.05, 0) is 63.9 Å². The third-order valence-electron chi connectivity index (χ3n) is 5.35. The van der Waals surface area contributed by atoms with Gasteiger partial charge in [-0.15, -0.1) is 10.2 Å². The normalized spacial score (nSPS) is 18.1. The maximum atomic E-state index is 12.6. The molecule has 0 aliphatic carbocycles. The number of hydrogen-bond acceptors (Lipinski definition) is 6. The molecule has 2 saturated heterocycles. The summed E-state index contributed by atoms with van der Waals surface area (Å²) in [4.78, 5) is 17.4. The maximum Gasteiger partial charge on any atom is 0.268 e. The lowest BCUT2D eigenvalue weighted by Crippen LogP contribution is -2.33. The van der Waals surface area contributed by atoms with Crippen molar-refractivity contribution in [1.82, 2.24) is 25.0 Å². The first-order valence-electron chi connectivity index (χ1n) is 10.1. The molecule has 2 aliphatic rings.